The van der Waals surface area contributed by atoms with Crippen LogP contribution in [0.1, 0.15) is 33.4 Å². The fourth-order valence-corrected chi connectivity index (χ4v) is 9.91. The van der Waals surface area contributed by atoms with Gasteiger partial charge in [-0.1, -0.05) is 139 Å². The van der Waals surface area contributed by atoms with E-state index >= 15 is 0 Å². The first-order chi connectivity index (χ1) is 25.3. The van der Waals surface area contributed by atoms with Gasteiger partial charge >= 0.3 is 0 Å². The highest BCUT2D eigenvalue weighted by Crippen LogP contribution is 2.59. The summed E-state index contributed by atoms with van der Waals surface area (Å²) in [6.07, 6.45) is 8.47. The summed E-state index contributed by atoms with van der Waals surface area (Å²) in [4.78, 5) is 12.5. The maximum absolute atomic E-state index is 5.15. The monoisotopic (exact) mass is 667 g/mol. The van der Waals surface area contributed by atoms with Crippen LogP contribution in [0, 0.1) is 0 Å². The van der Waals surface area contributed by atoms with E-state index in [1.165, 1.54) is 53.9 Å². The van der Waals surface area contributed by atoms with Crippen molar-refractivity contribution in [2.45, 2.75) is 15.2 Å². The molecule has 4 heterocycles. The second-order valence-corrected chi connectivity index (χ2v) is 14.4. The predicted molar refractivity (Wildman–Crippen MR) is 211 cm³/mol. The van der Waals surface area contributed by atoms with Crippen molar-refractivity contribution in [2.24, 2.45) is 0 Å². The number of hydrogen-bond acceptors (Lipinski definition) is 3. The Balaban J connectivity index is 1.21. The molecule has 0 saturated carbocycles. The molecule has 1 aliphatic heterocycles. The summed E-state index contributed by atoms with van der Waals surface area (Å²) in [5.41, 5.74) is 11.4. The van der Waals surface area contributed by atoms with Crippen molar-refractivity contribution in [3.63, 3.8) is 0 Å². The van der Waals surface area contributed by atoms with E-state index in [0.717, 1.165) is 38.9 Å². The lowest BCUT2D eigenvalue weighted by molar-refractivity contribution is 0.704. The van der Waals surface area contributed by atoms with E-state index in [1.54, 1.807) is 0 Å². The van der Waals surface area contributed by atoms with Crippen LogP contribution in [0.4, 0.5) is 0 Å². The number of fused-ring (bicyclic) bond motifs is 13. The summed E-state index contributed by atoms with van der Waals surface area (Å²) >= 11 is 1.90. The third kappa shape index (κ3) is 4.02. The average Bonchev–Trinajstić information content (AvgIpc) is 3.45. The number of nitrogens with zero attached hydrogens (tertiary/aromatic N) is 3. The van der Waals surface area contributed by atoms with Crippen LogP contribution in [-0.4, -0.2) is 14.5 Å². The molecule has 51 heavy (non-hydrogen) atoms. The minimum absolute atomic E-state index is 0.542. The molecular weight excluding hydrogens is 639 g/mol. The first-order valence-corrected chi connectivity index (χ1v) is 18.1. The third-order valence-corrected chi connectivity index (χ3v) is 12.0. The molecule has 238 valence electrons. The Kier molecular flexibility index (Phi) is 6.10. The highest BCUT2D eigenvalue weighted by Gasteiger charge is 2.47. The van der Waals surface area contributed by atoms with Crippen LogP contribution in [0.5, 0.6) is 0 Å². The van der Waals surface area contributed by atoms with E-state index in [9.17, 15) is 0 Å². The van der Waals surface area contributed by atoms with Crippen molar-refractivity contribution in [3.05, 3.63) is 197 Å². The molecule has 0 N–H and O–H groups in total. The van der Waals surface area contributed by atoms with Gasteiger partial charge in [0.05, 0.1) is 10.9 Å². The number of aromatic nitrogens is 3. The van der Waals surface area contributed by atoms with E-state index in [4.69, 9.17) is 9.97 Å². The second-order valence-electron chi connectivity index (χ2n) is 13.4. The van der Waals surface area contributed by atoms with Crippen LogP contribution in [-0.2, 0) is 5.41 Å². The zero-order valence-electron chi connectivity index (χ0n) is 27.5. The second kappa shape index (κ2) is 10.9. The smallest absolute Gasteiger partial charge is 0.146 e. The van der Waals surface area contributed by atoms with E-state index in [0.29, 0.717) is 0 Å². The quantitative estimate of drug-likeness (QED) is 0.184. The molecule has 4 heteroatoms. The predicted octanol–water partition coefficient (Wildman–Crippen LogP) is 11.7. The Morgan fingerprint density at radius 2 is 1.27 bits per heavy atom. The van der Waals surface area contributed by atoms with E-state index in [-0.39, 0.29) is 0 Å². The van der Waals surface area contributed by atoms with Crippen molar-refractivity contribution in [2.75, 3.05) is 0 Å². The van der Waals surface area contributed by atoms with Gasteiger partial charge in [-0.05, 0) is 86.1 Å². The van der Waals surface area contributed by atoms with Crippen LogP contribution < -0.4 is 0 Å². The molecular formula is C47H29N3S. The van der Waals surface area contributed by atoms with Gasteiger partial charge in [0, 0.05) is 38.5 Å². The summed E-state index contributed by atoms with van der Waals surface area (Å²) in [5.74, 6) is 0.862. The Morgan fingerprint density at radius 3 is 2.18 bits per heavy atom. The van der Waals surface area contributed by atoms with Gasteiger partial charge in [-0.3, -0.25) is 4.57 Å². The van der Waals surface area contributed by atoms with Crippen molar-refractivity contribution < 1.29 is 0 Å². The SMILES string of the molecule is C1=Cc2ccc(-c3cnc4c(c3)c3ccccc3n4-c3ccccn3)cc2C2(c3ccccc31)c1ccccc1Sc1c2ccc2ccccc12. The molecule has 0 bridgehead atoms. The van der Waals surface area contributed by atoms with Crippen LogP contribution in [0.3, 0.4) is 0 Å². The van der Waals surface area contributed by atoms with Gasteiger partial charge in [-0.15, -0.1) is 0 Å². The molecule has 0 radical (unpaired) electrons. The molecule has 2 aliphatic rings. The van der Waals surface area contributed by atoms with Crippen molar-refractivity contribution in [3.8, 4) is 16.9 Å². The lowest BCUT2D eigenvalue weighted by atomic mass is 9.63. The van der Waals surface area contributed by atoms with E-state index in [1.807, 2.05) is 42.4 Å². The zero-order chi connectivity index (χ0) is 33.5. The van der Waals surface area contributed by atoms with Crippen molar-refractivity contribution >= 4 is 56.6 Å². The summed E-state index contributed by atoms with van der Waals surface area (Å²) in [7, 11) is 0. The lowest BCUT2D eigenvalue weighted by Gasteiger charge is -2.43. The topological polar surface area (TPSA) is 30.7 Å². The lowest BCUT2D eigenvalue weighted by Crippen LogP contribution is -2.35. The largest absolute Gasteiger partial charge is 0.278 e. The first kappa shape index (κ1) is 28.6. The fourth-order valence-electron chi connectivity index (χ4n) is 8.58. The molecule has 0 fully saturated rings. The van der Waals surface area contributed by atoms with Gasteiger partial charge in [0.15, 0.2) is 0 Å². The fraction of sp³-hybridized carbons (Fsp3) is 0.0213. The summed E-state index contributed by atoms with van der Waals surface area (Å²) in [5, 5.41) is 4.83. The van der Waals surface area contributed by atoms with Gasteiger partial charge in [0.1, 0.15) is 11.5 Å². The maximum Gasteiger partial charge on any atom is 0.146 e. The van der Waals surface area contributed by atoms with E-state index < -0.39 is 5.41 Å². The molecule has 1 atom stereocenters. The van der Waals surface area contributed by atoms with Gasteiger partial charge in [-0.2, -0.15) is 0 Å². The summed E-state index contributed by atoms with van der Waals surface area (Å²) in [6, 6.07) is 55.4. The molecule has 9 aromatic rings. The van der Waals surface area contributed by atoms with Crippen LogP contribution in [0.15, 0.2) is 174 Å². The molecule has 1 spiro atoms. The Morgan fingerprint density at radius 1 is 0.510 bits per heavy atom. The number of benzene rings is 6. The standard InChI is InChI=1S/C47H29N3S/c1-3-13-35-30(11-1)24-25-40-45(35)51-43-18-8-6-16-39(43)47(40)38-15-5-2-12-31(38)20-21-32-22-23-33(28-41(32)47)34-27-37-36-14-4-7-17-42(36)50(46(37)49-29-34)44-19-9-10-26-48-44/h1-29H. The van der Waals surface area contributed by atoms with Crippen LogP contribution in [0.25, 0.3) is 61.8 Å². The van der Waals surface area contributed by atoms with Crippen LogP contribution in [0.2, 0.25) is 0 Å². The maximum atomic E-state index is 5.15. The molecule has 6 aromatic carbocycles. The van der Waals surface area contributed by atoms with Crippen molar-refractivity contribution in [1.29, 1.82) is 0 Å². The van der Waals surface area contributed by atoms with Gasteiger partial charge in [0.2, 0.25) is 0 Å². The zero-order valence-corrected chi connectivity index (χ0v) is 28.3. The summed E-state index contributed by atoms with van der Waals surface area (Å²) in [6.45, 7) is 0. The minimum atomic E-state index is -0.542. The van der Waals surface area contributed by atoms with Crippen LogP contribution >= 0.6 is 11.8 Å². The first-order valence-electron chi connectivity index (χ1n) is 17.3. The number of para-hydroxylation sites is 1. The highest BCUT2D eigenvalue weighted by molar-refractivity contribution is 7.99. The average molecular weight is 668 g/mol. The van der Waals surface area contributed by atoms with E-state index in [2.05, 4.69) is 150 Å². The normalized spacial score (nSPS) is 15.8. The Hall–Kier alpha value is -6.23. The third-order valence-electron chi connectivity index (χ3n) is 10.8. The number of hydrogen-bond donors (Lipinski definition) is 0. The number of rotatable bonds is 2. The number of pyridine rings is 2. The molecule has 1 aliphatic carbocycles. The van der Waals surface area contributed by atoms with Crippen molar-refractivity contribution in [1.82, 2.24) is 14.5 Å². The van der Waals surface area contributed by atoms with Gasteiger partial charge in [-0.25, -0.2) is 9.97 Å². The Bertz CT molecular complexity index is 2900. The molecule has 1 unspecified atom stereocenters. The summed E-state index contributed by atoms with van der Waals surface area (Å²) < 4.78 is 2.17. The molecule has 11 rings (SSSR count). The Labute approximate surface area is 299 Å². The highest BCUT2D eigenvalue weighted by atomic mass is 32.2. The molecule has 3 nitrogen and oxygen atoms in total. The molecule has 0 amide bonds. The minimum Gasteiger partial charge on any atom is -0.278 e. The van der Waals surface area contributed by atoms with Gasteiger partial charge in [0.25, 0.3) is 0 Å². The molecule has 3 aromatic heterocycles. The van der Waals surface area contributed by atoms with Gasteiger partial charge < -0.3 is 0 Å². The molecule has 0 saturated heterocycles.